The third kappa shape index (κ3) is 4.80. The van der Waals surface area contributed by atoms with Crippen molar-refractivity contribution < 1.29 is 14.3 Å². The minimum atomic E-state index is -0.108. The van der Waals surface area contributed by atoms with Crippen molar-refractivity contribution >= 4 is 17.4 Å². The van der Waals surface area contributed by atoms with Crippen LogP contribution >= 0.6 is 11.6 Å². The molecule has 0 aromatic heterocycles. The van der Waals surface area contributed by atoms with E-state index in [1.165, 1.54) is 0 Å². The van der Waals surface area contributed by atoms with Gasteiger partial charge in [-0.25, -0.2) is 0 Å². The minimum Gasteiger partial charge on any atom is -0.494 e. The van der Waals surface area contributed by atoms with E-state index in [0.29, 0.717) is 22.9 Å². The second kappa shape index (κ2) is 7.70. The molecule has 0 atom stereocenters. The van der Waals surface area contributed by atoms with Crippen LogP contribution in [-0.4, -0.2) is 19.0 Å². The Kier molecular flexibility index (Phi) is 5.64. The molecule has 2 rings (SSSR count). The van der Waals surface area contributed by atoms with Gasteiger partial charge in [-0.15, -0.1) is 0 Å². The van der Waals surface area contributed by atoms with Crippen molar-refractivity contribution in [3.8, 4) is 11.5 Å². The summed E-state index contributed by atoms with van der Waals surface area (Å²) in [6.45, 7) is 2.72. The molecular formula is C17H17ClO3. The first kappa shape index (κ1) is 15.4. The number of ketones is 1. The predicted octanol–water partition coefficient (Wildman–Crippen LogP) is 4.39. The van der Waals surface area contributed by atoms with Gasteiger partial charge in [0.2, 0.25) is 0 Å². The summed E-state index contributed by atoms with van der Waals surface area (Å²) in [6.07, 6.45) is 0.965. The maximum atomic E-state index is 12.0. The van der Waals surface area contributed by atoms with Gasteiger partial charge in [0, 0.05) is 10.6 Å². The van der Waals surface area contributed by atoms with Crippen LogP contribution in [-0.2, 0) is 0 Å². The largest absolute Gasteiger partial charge is 0.494 e. The van der Waals surface area contributed by atoms with Crippen molar-refractivity contribution in [1.29, 1.82) is 0 Å². The first-order chi connectivity index (χ1) is 10.2. The highest BCUT2D eigenvalue weighted by Crippen LogP contribution is 2.18. The van der Waals surface area contributed by atoms with Crippen molar-refractivity contribution in [2.45, 2.75) is 13.3 Å². The molecule has 0 spiro atoms. The lowest BCUT2D eigenvalue weighted by Crippen LogP contribution is -2.11. The molecule has 0 radical (unpaired) electrons. The lowest BCUT2D eigenvalue weighted by molar-refractivity contribution is 0.0921. The minimum absolute atomic E-state index is 0.0183. The van der Waals surface area contributed by atoms with E-state index in [4.69, 9.17) is 21.1 Å². The number of carbonyl (C=O) groups is 1. The van der Waals surface area contributed by atoms with Crippen molar-refractivity contribution in [2.75, 3.05) is 13.2 Å². The molecule has 110 valence electrons. The fraction of sp³-hybridized carbons (Fsp3) is 0.235. The molecule has 2 aromatic carbocycles. The molecule has 0 aliphatic heterocycles. The molecule has 0 fully saturated rings. The summed E-state index contributed by atoms with van der Waals surface area (Å²) in [5.74, 6) is 1.32. The SMILES string of the molecule is CCCOc1ccc(OCC(=O)c2cccc(Cl)c2)cc1. The average Bonchev–Trinajstić information content (AvgIpc) is 2.51. The fourth-order valence-electron chi connectivity index (χ4n) is 1.75. The zero-order valence-corrected chi connectivity index (χ0v) is 12.6. The number of ether oxygens (including phenoxy) is 2. The van der Waals surface area contributed by atoms with Crippen molar-refractivity contribution in [3.05, 3.63) is 59.1 Å². The summed E-state index contributed by atoms with van der Waals surface area (Å²) < 4.78 is 11.0. The second-order valence-electron chi connectivity index (χ2n) is 4.54. The summed E-state index contributed by atoms with van der Waals surface area (Å²) in [4.78, 5) is 12.0. The Balaban J connectivity index is 1.89. The predicted molar refractivity (Wildman–Crippen MR) is 83.5 cm³/mol. The smallest absolute Gasteiger partial charge is 0.200 e. The number of benzene rings is 2. The number of rotatable bonds is 7. The molecule has 0 heterocycles. The molecule has 0 aliphatic rings. The van der Waals surface area contributed by atoms with E-state index >= 15 is 0 Å². The van der Waals surface area contributed by atoms with E-state index in [9.17, 15) is 4.79 Å². The van der Waals surface area contributed by atoms with Crippen LogP contribution < -0.4 is 9.47 Å². The van der Waals surface area contributed by atoms with Crippen molar-refractivity contribution in [3.63, 3.8) is 0 Å². The zero-order valence-electron chi connectivity index (χ0n) is 11.8. The molecule has 0 saturated heterocycles. The highest BCUT2D eigenvalue weighted by atomic mass is 35.5. The molecular weight excluding hydrogens is 288 g/mol. The standard InChI is InChI=1S/C17H17ClO3/c1-2-10-20-15-6-8-16(9-7-15)21-12-17(19)13-4-3-5-14(18)11-13/h3-9,11H,2,10,12H2,1H3. The van der Waals surface area contributed by atoms with E-state index in [-0.39, 0.29) is 12.4 Å². The number of hydrogen-bond donors (Lipinski definition) is 0. The van der Waals surface area contributed by atoms with Crippen molar-refractivity contribution in [1.82, 2.24) is 0 Å². The summed E-state index contributed by atoms with van der Waals surface area (Å²) >= 11 is 5.86. The summed E-state index contributed by atoms with van der Waals surface area (Å²) in [5.41, 5.74) is 0.547. The highest BCUT2D eigenvalue weighted by Gasteiger charge is 2.07. The summed E-state index contributed by atoms with van der Waals surface area (Å²) in [5, 5.41) is 0.540. The van der Waals surface area contributed by atoms with E-state index in [2.05, 4.69) is 6.92 Å². The Bertz CT molecular complexity index is 593. The molecule has 0 N–H and O–H groups in total. The van der Waals surface area contributed by atoms with E-state index in [0.717, 1.165) is 12.2 Å². The van der Waals surface area contributed by atoms with Crippen LogP contribution in [0.3, 0.4) is 0 Å². The zero-order chi connectivity index (χ0) is 15.1. The summed E-state index contributed by atoms with van der Waals surface area (Å²) in [6, 6.07) is 14.1. The maximum absolute atomic E-state index is 12.0. The second-order valence-corrected chi connectivity index (χ2v) is 4.98. The summed E-state index contributed by atoms with van der Waals surface area (Å²) in [7, 11) is 0. The van der Waals surface area contributed by atoms with Crippen LogP contribution in [0.4, 0.5) is 0 Å². The molecule has 0 amide bonds. The van der Waals surface area contributed by atoms with Gasteiger partial charge in [-0.05, 0) is 42.8 Å². The van der Waals surface area contributed by atoms with Crippen LogP contribution in [0.2, 0.25) is 5.02 Å². The van der Waals surface area contributed by atoms with Crippen LogP contribution in [0, 0.1) is 0 Å². The highest BCUT2D eigenvalue weighted by molar-refractivity contribution is 6.31. The first-order valence-electron chi connectivity index (χ1n) is 6.83. The van der Waals surface area contributed by atoms with Crippen LogP contribution in [0.15, 0.2) is 48.5 Å². The normalized spacial score (nSPS) is 10.2. The molecule has 2 aromatic rings. The van der Waals surface area contributed by atoms with E-state index in [1.54, 1.807) is 36.4 Å². The van der Waals surface area contributed by atoms with Gasteiger partial charge in [-0.1, -0.05) is 30.7 Å². The lowest BCUT2D eigenvalue weighted by atomic mass is 10.1. The Hall–Kier alpha value is -2.00. The quantitative estimate of drug-likeness (QED) is 0.712. The van der Waals surface area contributed by atoms with Gasteiger partial charge in [0.1, 0.15) is 11.5 Å². The van der Waals surface area contributed by atoms with Crippen LogP contribution in [0.1, 0.15) is 23.7 Å². The van der Waals surface area contributed by atoms with Gasteiger partial charge in [0.05, 0.1) is 6.61 Å². The molecule has 4 heteroatoms. The Morgan fingerprint density at radius 1 is 1.05 bits per heavy atom. The van der Waals surface area contributed by atoms with Crippen LogP contribution in [0.25, 0.3) is 0 Å². The monoisotopic (exact) mass is 304 g/mol. The van der Waals surface area contributed by atoms with E-state index < -0.39 is 0 Å². The molecule has 0 aliphatic carbocycles. The number of halogens is 1. The fourth-order valence-corrected chi connectivity index (χ4v) is 1.94. The molecule has 0 unspecified atom stereocenters. The van der Waals surface area contributed by atoms with E-state index in [1.807, 2.05) is 12.1 Å². The lowest BCUT2D eigenvalue weighted by Gasteiger charge is -2.08. The van der Waals surface area contributed by atoms with Gasteiger partial charge in [-0.3, -0.25) is 4.79 Å². The van der Waals surface area contributed by atoms with Crippen LogP contribution in [0.5, 0.6) is 11.5 Å². The maximum Gasteiger partial charge on any atom is 0.200 e. The number of Topliss-reactive ketones (excluding diaryl/α,β-unsaturated/α-hetero) is 1. The first-order valence-corrected chi connectivity index (χ1v) is 7.21. The Labute approximate surface area is 129 Å². The van der Waals surface area contributed by atoms with Gasteiger partial charge in [0.25, 0.3) is 0 Å². The molecule has 0 bridgehead atoms. The molecule has 0 saturated carbocycles. The van der Waals surface area contributed by atoms with Gasteiger partial charge in [-0.2, -0.15) is 0 Å². The van der Waals surface area contributed by atoms with Gasteiger partial charge >= 0.3 is 0 Å². The molecule has 21 heavy (non-hydrogen) atoms. The Morgan fingerprint density at radius 3 is 2.33 bits per heavy atom. The van der Waals surface area contributed by atoms with Gasteiger partial charge in [0.15, 0.2) is 12.4 Å². The number of carbonyl (C=O) groups excluding carboxylic acids is 1. The molecule has 3 nitrogen and oxygen atoms in total. The number of hydrogen-bond acceptors (Lipinski definition) is 3. The average molecular weight is 305 g/mol. The Morgan fingerprint density at radius 2 is 1.71 bits per heavy atom. The topological polar surface area (TPSA) is 35.5 Å². The van der Waals surface area contributed by atoms with Crippen molar-refractivity contribution in [2.24, 2.45) is 0 Å². The third-order valence-electron chi connectivity index (χ3n) is 2.81. The third-order valence-corrected chi connectivity index (χ3v) is 3.05. The van der Waals surface area contributed by atoms with Gasteiger partial charge < -0.3 is 9.47 Å².